The summed E-state index contributed by atoms with van der Waals surface area (Å²) in [5, 5.41) is 3.02. The molecule has 6 aliphatic rings. The van der Waals surface area contributed by atoms with Crippen LogP contribution in [-0.4, -0.2) is 96.8 Å². The van der Waals surface area contributed by atoms with Gasteiger partial charge in [-0.25, -0.2) is 0 Å². The standard InChI is InChI=1S/C51H78O4S3.C26H38O2S2.C23H34Br2O2S.6CH3.2Sn/c1-9-15-17-19-21-23-29-51(30-24-22-20-18-16-10-2)49(52)42-36(8)57-48(43(42)50(51)53)41-34-40-45(55-32-28-38(14-6)26-12-4)46-39(33-35(7)56-46)44(47(40)58-41)54-31-27-37(13-5)25-11-3;1-5-9-19(7-3)11-15-27-23-21-13-17-30-26(21)24(22-14-18-29-25(22)23)28-16-12-20(8-4)10-6-2;1-3-5-7-9-11-13-15-23(16-14-12-10-8-6-4-2)19(26)17-18(20(23)27)22(25)28-21(17)24;;;;;;;;/h33-34,37-39,46H,9-32H2,1-8H3;13-14,19-21,26H,5-12,15-16H2,1-4H3;3-16H2,1-2H3;6*1H3;;. The first-order chi connectivity index (χ1) is 59.6. The molecule has 10 rings (SSSR count). The maximum absolute atomic E-state index is 15.1. The van der Waals surface area contributed by atoms with Crippen LogP contribution in [0.5, 0.6) is 0 Å². The molecule has 124 heavy (non-hydrogen) atoms. The monoisotopic (exact) mass is 2160 g/mol. The van der Waals surface area contributed by atoms with Gasteiger partial charge in [0.05, 0.1) is 63.3 Å². The van der Waals surface area contributed by atoms with Gasteiger partial charge < -0.3 is 9.47 Å². The Balaban J connectivity index is 0.000000248. The molecule has 18 heteroatoms. The van der Waals surface area contributed by atoms with Gasteiger partial charge in [-0.3, -0.25) is 19.2 Å². The van der Waals surface area contributed by atoms with Gasteiger partial charge in [0.2, 0.25) is 0 Å². The summed E-state index contributed by atoms with van der Waals surface area (Å²) in [7, 11) is 0. The molecule has 0 amide bonds. The van der Waals surface area contributed by atoms with Crippen molar-refractivity contribution < 1.29 is 38.1 Å². The predicted octanol–water partition coefficient (Wildman–Crippen LogP) is 32.6. The number of fused-ring (bicyclic) bond motifs is 6. The molecule has 2 aliphatic heterocycles. The zero-order valence-electron chi connectivity index (χ0n) is 81.3. The number of carbonyl (C=O) groups is 4. The smallest absolute Gasteiger partial charge is 0.179 e. The Labute approximate surface area is 804 Å². The third kappa shape index (κ3) is 28.5. The molecule has 4 aromatic rings. The van der Waals surface area contributed by atoms with Crippen molar-refractivity contribution in [1.29, 1.82) is 0 Å². The molecule has 698 valence electrons. The van der Waals surface area contributed by atoms with Crippen LogP contribution in [0.2, 0.25) is 29.6 Å². The van der Waals surface area contributed by atoms with E-state index in [-0.39, 0.29) is 34.3 Å². The molecule has 4 aromatic heterocycles. The molecule has 8 atom stereocenters. The second kappa shape index (κ2) is 54.4. The fraction of sp³-hybridized carbons (Fsp3) is 0.736. The number of halogens is 2. The fourth-order valence-corrected chi connectivity index (χ4v) is 40.9. The number of aryl methyl sites for hydroxylation is 1. The molecule has 8 nitrogen and oxygen atoms in total. The van der Waals surface area contributed by atoms with Crippen molar-refractivity contribution in [3.63, 3.8) is 0 Å². The zero-order chi connectivity index (χ0) is 90.3. The molecule has 0 saturated carbocycles. The Morgan fingerprint density at radius 2 is 0.702 bits per heavy atom. The van der Waals surface area contributed by atoms with E-state index >= 15 is 4.79 Å². The average molecular weight is 2160 g/mol. The second-order valence-electron chi connectivity index (χ2n) is 39.6. The normalized spacial score (nSPS) is 19.0. The molecule has 0 saturated heterocycles. The number of carbonyl (C=O) groups excluding carboxylic acids is 4. The first kappa shape index (κ1) is 108. The van der Waals surface area contributed by atoms with E-state index in [2.05, 4.69) is 194 Å². The van der Waals surface area contributed by atoms with Crippen LogP contribution < -0.4 is 22.4 Å². The van der Waals surface area contributed by atoms with Crippen LogP contribution >= 0.6 is 101 Å². The molecule has 0 aromatic carbocycles. The van der Waals surface area contributed by atoms with Crippen LogP contribution in [0.4, 0.5) is 0 Å². The Kier molecular flexibility index (Phi) is 47.5. The molecule has 0 N–H and O–H groups in total. The van der Waals surface area contributed by atoms with Crippen molar-refractivity contribution in [2.75, 3.05) is 26.4 Å². The van der Waals surface area contributed by atoms with Gasteiger partial charge in [0.15, 0.2) is 23.1 Å². The van der Waals surface area contributed by atoms with Gasteiger partial charge in [0.25, 0.3) is 0 Å². The third-order valence-corrected chi connectivity index (χ3v) is 55.6. The summed E-state index contributed by atoms with van der Waals surface area (Å²) in [6.07, 6.45) is 55.2. The number of ketones is 4. The fourth-order valence-electron chi connectivity index (χ4n) is 20.0. The topological polar surface area (TPSA) is 105 Å². The number of hydrogen-bond donors (Lipinski definition) is 0. The summed E-state index contributed by atoms with van der Waals surface area (Å²) < 4.78 is 35.2. The Hall–Kier alpha value is -1.10. The van der Waals surface area contributed by atoms with E-state index in [1.54, 1.807) is 28.5 Å². The Bertz CT molecular complexity index is 4280. The first-order valence-electron chi connectivity index (χ1n) is 50.4. The number of hydrogen-bond acceptors (Lipinski definition) is 14. The summed E-state index contributed by atoms with van der Waals surface area (Å²) in [5.41, 5.74) is 0.998. The van der Waals surface area contributed by atoms with Crippen molar-refractivity contribution in [3.05, 3.63) is 86.3 Å². The van der Waals surface area contributed by atoms with Gasteiger partial charge in [0.1, 0.15) is 11.5 Å². The molecular weight excluding hydrogens is 1990 g/mol. The van der Waals surface area contributed by atoms with E-state index < -0.39 is 47.6 Å². The van der Waals surface area contributed by atoms with Gasteiger partial charge in [-0.1, -0.05) is 254 Å². The molecule has 8 unspecified atom stereocenters. The molecule has 0 spiro atoms. The minimum atomic E-state index is -2.25. The second-order valence-corrected chi connectivity index (χ2v) is 80.0. The molecule has 6 heterocycles. The molecule has 0 radical (unpaired) electrons. The van der Waals surface area contributed by atoms with Crippen LogP contribution in [0.15, 0.2) is 39.7 Å². The number of ether oxygens (including phenoxy) is 4. The van der Waals surface area contributed by atoms with Crippen molar-refractivity contribution in [2.24, 2.45) is 46.3 Å². The predicted molar refractivity (Wildman–Crippen MR) is 558 cm³/mol. The number of thioether (sulfide) groups is 2. The van der Waals surface area contributed by atoms with E-state index in [4.69, 9.17) is 18.9 Å². The maximum atomic E-state index is 15.1. The summed E-state index contributed by atoms with van der Waals surface area (Å²) in [4.78, 5) is 76.5. The van der Waals surface area contributed by atoms with Crippen LogP contribution in [0.25, 0.3) is 32.8 Å². The van der Waals surface area contributed by atoms with Gasteiger partial charge in [-0.05, 0) is 107 Å². The molecule has 4 aliphatic carbocycles. The molecule has 0 bridgehead atoms. The Morgan fingerprint density at radius 1 is 0.363 bits per heavy atom. The van der Waals surface area contributed by atoms with Crippen molar-refractivity contribution in [1.82, 2.24) is 0 Å². The van der Waals surface area contributed by atoms with Crippen molar-refractivity contribution in [2.45, 2.75) is 420 Å². The Morgan fingerprint density at radius 3 is 1.07 bits per heavy atom. The third-order valence-electron chi connectivity index (χ3n) is 27.8. The van der Waals surface area contributed by atoms with E-state index in [1.807, 2.05) is 23.1 Å². The number of rotatable bonds is 59. The van der Waals surface area contributed by atoms with Crippen molar-refractivity contribution in [3.8, 4) is 9.75 Å². The van der Waals surface area contributed by atoms with Gasteiger partial charge in [-0.2, -0.15) is 0 Å². The minimum absolute atomic E-state index is 0.0726. The van der Waals surface area contributed by atoms with E-state index in [9.17, 15) is 14.4 Å². The first-order valence-corrected chi connectivity index (χ1v) is 77.0. The summed E-state index contributed by atoms with van der Waals surface area (Å²) in [5.74, 6) is 8.41. The van der Waals surface area contributed by atoms with E-state index in [0.29, 0.717) is 78.6 Å². The number of thiophene rings is 4. The van der Waals surface area contributed by atoms with Gasteiger partial charge >= 0.3 is 253 Å². The number of Topliss-reactive ketones (excluding diaryl/α,β-unsaturated/α-hetero) is 4. The molecule has 0 fully saturated rings. The van der Waals surface area contributed by atoms with Crippen LogP contribution in [-0.2, 0) is 18.9 Å². The molecular formula is C106H168Br2O8S6Sn2. The largest absolute Gasteiger partial charge is 0.496 e. The quantitative estimate of drug-likeness (QED) is 0.0241. The number of allylic oxidation sites excluding steroid dienone is 1. The summed E-state index contributed by atoms with van der Waals surface area (Å²) in [6, 6.07) is 4.85. The average Bonchev–Trinajstić information content (AvgIpc) is 1.55. The van der Waals surface area contributed by atoms with Crippen LogP contribution in [0.1, 0.15) is 419 Å². The van der Waals surface area contributed by atoms with Gasteiger partial charge in [0, 0.05) is 26.1 Å². The van der Waals surface area contributed by atoms with Crippen LogP contribution in [0.3, 0.4) is 0 Å². The zero-order valence-corrected chi connectivity index (χ0v) is 95.1. The maximum Gasteiger partial charge on any atom is 0.179 e. The summed E-state index contributed by atoms with van der Waals surface area (Å²) in [6.45, 7) is 34.8. The minimum Gasteiger partial charge on any atom is -0.496 e. The number of unbranched alkanes of at least 4 members (excludes halogenated alkanes) is 20. The van der Waals surface area contributed by atoms with Crippen LogP contribution in [0, 0.1) is 53.3 Å². The van der Waals surface area contributed by atoms with Crippen molar-refractivity contribution >= 4 is 187 Å². The van der Waals surface area contributed by atoms with Gasteiger partial charge in [-0.15, -0.1) is 45.8 Å². The summed E-state index contributed by atoms with van der Waals surface area (Å²) >= 11 is 13.5. The van der Waals surface area contributed by atoms with E-state index in [1.165, 1.54) is 230 Å². The van der Waals surface area contributed by atoms with E-state index in [0.717, 1.165) is 138 Å². The SMILES string of the molecule is CCCC(CC)CCOC1=c2c[c]([Sn]([CH3])([CH3])[CH3])sc2=C(OCCC(CC)CCC)C2C=[C]([Sn]([CH3])([CH3])[CH3])SC12.CCCCCCCCC1(CCCCCCCC)C(=O)c2c(Br)sc(Br)c2C1=O.CCCCCCCCC1(CCCCCCCC)C(=O)c2c(C)sc(-c3cc4c(s3)=C(OCCC(CC)CCC)C3C=C(C)SC3C=4OCCC(CC)CCC)c2C1=O.